The number of aryl methyl sites for hydroxylation is 1. The van der Waals surface area contributed by atoms with Gasteiger partial charge >= 0.3 is 0 Å². The van der Waals surface area contributed by atoms with Crippen LogP contribution in [0.3, 0.4) is 0 Å². The van der Waals surface area contributed by atoms with Crippen LogP contribution < -0.4 is 10.5 Å². The van der Waals surface area contributed by atoms with Gasteiger partial charge in [-0.1, -0.05) is 43.3 Å². The largest absolute Gasteiger partial charge is 0.325 e. The van der Waals surface area contributed by atoms with E-state index in [-0.39, 0.29) is 16.1 Å². The third-order valence-electron chi connectivity index (χ3n) is 4.44. The van der Waals surface area contributed by atoms with Gasteiger partial charge in [-0.3, -0.25) is 4.79 Å². The van der Waals surface area contributed by atoms with Crippen molar-refractivity contribution in [2.24, 2.45) is 5.14 Å². The number of benzene rings is 2. The average molecular weight is 433 g/mol. The molecule has 0 radical (unpaired) electrons. The lowest BCUT2D eigenvalue weighted by atomic mass is 10.3. The number of carbonyl (C=O) groups excluding carboxylic acids is 1. The third kappa shape index (κ3) is 5.17. The lowest BCUT2D eigenvalue weighted by Crippen LogP contribution is -2.22. The van der Waals surface area contributed by atoms with Gasteiger partial charge in [0.15, 0.2) is 5.16 Å². The molecule has 0 fully saturated rings. The van der Waals surface area contributed by atoms with Gasteiger partial charge in [0.2, 0.25) is 15.9 Å². The van der Waals surface area contributed by atoms with Crippen LogP contribution in [0.4, 0.5) is 5.69 Å². The lowest BCUT2D eigenvalue weighted by molar-refractivity contribution is -0.115. The maximum absolute atomic E-state index is 12.6. The molecule has 9 heteroatoms. The van der Waals surface area contributed by atoms with Crippen LogP contribution in [0, 0.1) is 0 Å². The Morgan fingerprint density at radius 3 is 2.62 bits per heavy atom. The molecule has 1 heterocycles. The molecule has 0 aliphatic heterocycles. The number of fused-ring (bicyclic) bond motifs is 1. The Kier molecular flexibility index (Phi) is 6.61. The Hall–Kier alpha value is -2.36. The highest BCUT2D eigenvalue weighted by Gasteiger charge is 2.20. The molecule has 29 heavy (non-hydrogen) atoms. The van der Waals surface area contributed by atoms with Gasteiger partial charge in [0.1, 0.15) is 0 Å². The summed E-state index contributed by atoms with van der Waals surface area (Å²) >= 11 is 1.35. The second kappa shape index (κ2) is 8.98. The van der Waals surface area contributed by atoms with Crippen LogP contribution in [0.2, 0.25) is 0 Å². The van der Waals surface area contributed by atoms with Crippen molar-refractivity contribution < 1.29 is 13.2 Å². The molecule has 154 valence electrons. The van der Waals surface area contributed by atoms with Crippen molar-refractivity contribution in [3.8, 4) is 0 Å². The number of primary sulfonamides is 1. The van der Waals surface area contributed by atoms with Crippen molar-refractivity contribution in [2.75, 3.05) is 5.32 Å². The van der Waals surface area contributed by atoms with E-state index in [0.717, 1.165) is 30.6 Å². The molecule has 2 aromatic carbocycles. The van der Waals surface area contributed by atoms with E-state index in [9.17, 15) is 13.2 Å². The van der Waals surface area contributed by atoms with Gasteiger partial charge < -0.3 is 9.88 Å². The number of nitrogens with one attached hydrogen (secondary N) is 1. The summed E-state index contributed by atoms with van der Waals surface area (Å²) in [6.45, 7) is 4.65. The van der Waals surface area contributed by atoms with E-state index in [4.69, 9.17) is 5.14 Å². The predicted octanol–water partition coefficient (Wildman–Crippen LogP) is 3.60. The number of rotatable bonds is 8. The SMILES string of the molecule is CCCCn1c(SC(C)C(=O)Nc2ccccc2)nc2cc(S(N)(=O)=O)ccc21. The lowest BCUT2D eigenvalue weighted by Gasteiger charge is -2.13. The fourth-order valence-electron chi connectivity index (χ4n) is 2.86. The first-order chi connectivity index (χ1) is 13.8. The molecule has 0 bridgehead atoms. The molecule has 7 nitrogen and oxygen atoms in total. The van der Waals surface area contributed by atoms with Crippen LogP contribution in [0.5, 0.6) is 0 Å². The molecule has 1 aromatic heterocycles. The molecular weight excluding hydrogens is 408 g/mol. The van der Waals surface area contributed by atoms with E-state index in [2.05, 4.69) is 17.2 Å². The number of unbranched alkanes of at least 4 members (excludes halogenated alkanes) is 1. The van der Waals surface area contributed by atoms with Crippen LogP contribution >= 0.6 is 11.8 Å². The minimum atomic E-state index is -3.81. The zero-order chi connectivity index (χ0) is 21.0. The molecule has 3 rings (SSSR count). The average Bonchev–Trinajstić information content (AvgIpc) is 3.02. The number of carbonyl (C=O) groups is 1. The van der Waals surface area contributed by atoms with Gasteiger partial charge in [0, 0.05) is 12.2 Å². The topological polar surface area (TPSA) is 107 Å². The number of para-hydroxylation sites is 1. The zero-order valence-electron chi connectivity index (χ0n) is 16.3. The number of hydrogen-bond acceptors (Lipinski definition) is 5. The molecule has 0 aliphatic rings. The summed E-state index contributed by atoms with van der Waals surface area (Å²) in [5.74, 6) is -0.125. The van der Waals surface area contributed by atoms with Gasteiger partial charge in [-0.05, 0) is 43.7 Å². The first kappa shape index (κ1) is 21.4. The monoisotopic (exact) mass is 432 g/mol. The summed E-state index contributed by atoms with van der Waals surface area (Å²) in [5.41, 5.74) is 2.11. The van der Waals surface area contributed by atoms with Gasteiger partial charge in [-0.2, -0.15) is 0 Å². The summed E-state index contributed by atoms with van der Waals surface area (Å²) in [7, 11) is -3.81. The quantitative estimate of drug-likeness (QED) is 0.529. The van der Waals surface area contributed by atoms with E-state index in [1.165, 1.54) is 23.9 Å². The highest BCUT2D eigenvalue weighted by Crippen LogP contribution is 2.29. The van der Waals surface area contributed by atoms with Gasteiger partial charge in [-0.15, -0.1) is 0 Å². The van der Waals surface area contributed by atoms with Crippen molar-refractivity contribution >= 4 is 44.4 Å². The number of sulfonamides is 1. The number of amides is 1. The third-order valence-corrected chi connectivity index (χ3v) is 6.44. The standard InChI is InChI=1S/C20H24N4O3S2/c1-3-4-12-24-18-11-10-16(29(21,26)27)13-17(18)23-20(24)28-14(2)19(25)22-15-8-6-5-7-9-15/h5-11,13-14H,3-4,12H2,1-2H3,(H,22,25)(H2,21,26,27). The van der Waals surface area contributed by atoms with E-state index in [0.29, 0.717) is 10.7 Å². The summed E-state index contributed by atoms with van der Waals surface area (Å²) < 4.78 is 25.4. The number of hydrogen-bond donors (Lipinski definition) is 2. The van der Waals surface area contributed by atoms with Crippen LogP contribution in [0.25, 0.3) is 11.0 Å². The Labute approximate surface area is 174 Å². The molecular formula is C20H24N4O3S2. The molecule has 0 aliphatic carbocycles. The smallest absolute Gasteiger partial charge is 0.238 e. The summed E-state index contributed by atoms with van der Waals surface area (Å²) in [6.07, 6.45) is 1.95. The van der Waals surface area contributed by atoms with Gasteiger partial charge in [0.05, 0.1) is 21.2 Å². The van der Waals surface area contributed by atoms with Crippen LogP contribution in [0.15, 0.2) is 58.6 Å². The fraction of sp³-hybridized carbons (Fsp3) is 0.300. The Balaban J connectivity index is 1.89. The highest BCUT2D eigenvalue weighted by atomic mass is 32.2. The summed E-state index contributed by atoms with van der Waals surface area (Å²) in [4.78, 5) is 17.2. The summed E-state index contributed by atoms with van der Waals surface area (Å²) in [6, 6.07) is 14.0. The van der Waals surface area contributed by atoms with Gasteiger partial charge in [0.25, 0.3) is 0 Å². The Bertz CT molecular complexity index is 1110. The minimum Gasteiger partial charge on any atom is -0.325 e. The predicted molar refractivity (Wildman–Crippen MR) is 116 cm³/mol. The zero-order valence-corrected chi connectivity index (χ0v) is 18.0. The maximum Gasteiger partial charge on any atom is 0.238 e. The first-order valence-corrected chi connectivity index (χ1v) is 11.8. The number of nitrogens with two attached hydrogens (primary N) is 1. The van der Waals surface area contributed by atoms with E-state index >= 15 is 0 Å². The van der Waals surface area contributed by atoms with Crippen LogP contribution in [0.1, 0.15) is 26.7 Å². The number of anilines is 1. The molecule has 0 spiro atoms. The molecule has 0 saturated heterocycles. The minimum absolute atomic E-state index is 0.0246. The maximum atomic E-state index is 12.6. The molecule has 3 N–H and O–H groups in total. The molecule has 0 saturated carbocycles. The number of thioether (sulfide) groups is 1. The number of aromatic nitrogens is 2. The summed E-state index contributed by atoms with van der Waals surface area (Å²) in [5, 5.41) is 8.43. The Morgan fingerprint density at radius 1 is 1.24 bits per heavy atom. The normalized spacial score (nSPS) is 12.8. The van der Waals surface area contributed by atoms with Crippen LogP contribution in [-0.2, 0) is 21.4 Å². The molecule has 1 amide bonds. The van der Waals surface area contributed by atoms with E-state index in [1.54, 1.807) is 6.07 Å². The van der Waals surface area contributed by atoms with Gasteiger partial charge in [-0.25, -0.2) is 18.5 Å². The second-order valence-corrected chi connectivity index (χ2v) is 9.58. The molecule has 1 atom stereocenters. The Morgan fingerprint density at radius 2 is 1.97 bits per heavy atom. The van der Waals surface area contributed by atoms with Crippen LogP contribution in [-0.4, -0.2) is 29.1 Å². The van der Waals surface area contributed by atoms with Crippen molar-refractivity contribution in [3.63, 3.8) is 0 Å². The first-order valence-electron chi connectivity index (χ1n) is 9.35. The van der Waals surface area contributed by atoms with Crippen molar-refractivity contribution in [1.29, 1.82) is 0 Å². The number of nitrogens with zero attached hydrogens (tertiary/aromatic N) is 2. The van der Waals surface area contributed by atoms with Crippen molar-refractivity contribution in [2.45, 2.75) is 48.5 Å². The molecule has 1 unspecified atom stereocenters. The van der Waals surface area contributed by atoms with E-state index < -0.39 is 10.0 Å². The fourth-order valence-corrected chi connectivity index (χ4v) is 4.35. The number of imidazole rings is 1. The molecule has 3 aromatic rings. The van der Waals surface area contributed by atoms with Crippen molar-refractivity contribution in [3.05, 3.63) is 48.5 Å². The second-order valence-electron chi connectivity index (χ2n) is 6.71. The highest BCUT2D eigenvalue weighted by molar-refractivity contribution is 8.00. The van der Waals surface area contributed by atoms with Crippen molar-refractivity contribution in [1.82, 2.24) is 9.55 Å². The van der Waals surface area contributed by atoms with E-state index in [1.807, 2.05) is 41.8 Å².